The van der Waals surface area contributed by atoms with E-state index in [1.54, 1.807) is 20.8 Å². The Morgan fingerprint density at radius 1 is 0.789 bits per heavy atom. The monoisotopic (exact) mass is 277 g/mol. The first kappa shape index (κ1) is 18.8. The standard InChI is InChI=1S/C13H31N3O3/c1-11(17)8-14-4-6-16(10-13(3)19)7-5-15-9-12(2)18/h11-15,17-19H,4-10H2,1-3H3. The minimum Gasteiger partial charge on any atom is -0.392 e. The SMILES string of the molecule is CC(O)CNCCN(CCNCC(C)O)CC(C)O. The van der Waals surface area contributed by atoms with E-state index in [2.05, 4.69) is 15.5 Å². The van der Waals surface area contributed by atoms with Crippen molar-refractivity contribution in [3.8, 4) is 0 Å². The van der Waals surface area contributed by atoms with Crippen molar-refractivity contribution in [2.45, 2.75) is 39.1 Å². The predicted molar refractivity (Wildman–Crippen MR) is 77.2 cm³/mol. The Bertz CT molecular complexity index is 186. The van der Waals surface area contributed by atoms with Crippen molar-refractivity contribution in [2.75, 3.05) is 45.8 Å². The van der Waals surface area contributed by atoms with E-state index in [0.717, 1.165) is 26.2 Å². The summed E-state index contributed by atoms with van der Waals surface area (Å²) >= 11 is 0. The van der Waals surface area contributed by atoms with Crippen LogP contribution in [0, 0.1) is 0 Å². The maximum atomic E-state index is 9.45. The van der Waals surface area contributed by atoms with E-state index < -0.39 is 0 Å². The van der Waals surface area contributed by atoms with Crippen LogP contribution in [0.5, 0.6) is 0 Å². The lowest BCUT2D eigenvalue weighted by atomic mass is 10.3. The van der Waals surface area contributed by atoms with E-state index in [1.165, 1.54) is 0 Å². The van der Waals surface area contributed by atoms with Gasteiger partial charge in [0, 0.05) is 45.8 Å². The van der Waals surface area contributed by atoms with Gasteiger partial charge in [0.2, 0.25) is 0 Å². The average molecular weight is 277 g/mol. The summed E-state index contributed by atoms with van der Waals surface area (Å²) in [6, 6.07) is 0. The minimum atomic E-state index is -0.353. The molecule has 0 aliphatic heterocycles. The van der Waals surface area contributed by atoms with Crippen LogP contribution in [-0.4, -0.2) is 84.3 Å². The van der Waals surface area contributed by atoms with Crippen molar-refractivity contribution >= 4 is 0 Å². The fraction of sp³-hybridized carbons (Fsp3) is 1.00. The summed E-state index contributed by atoms with van der Waals surface area (Å²) in [6.45, 7) is 10.3. The molecule has 0 aromatic rings. The first-order valence-corrected chi connectivity index (χ1v) is 7.09. The van der Waals surface area contributed by atoms with Crippen molar-refractivity contribution < 1.29 is 15.3 Å². The molecule has 0 fully saturated rings. The zero-order valence-corrected chi connectivity index (χ0v) is 12.5. The Kier molecular flexibility index (Phi) is 11.4. The Balaban J connectivity index is 3.75. The third kappa shape index (κ3) is 14.0. The summed E-state index contributed by atoms with van der Waals surface area (Å²) in [7, 11) is 0. The van der Waals surface area contributed by atoms with E-state index in [-0.39, 0.29) is 18.3 Å². The molecule has 6 heteroatoms. The van der Waals surface area contributed by atoms with Crippen LogP contribution in [0.3, 0.4) is 0 Å². The summed E-state index contributed by atoms with van der Waals surface area (Å²) < 4.78 is 0. The summed E-state index contributed by atoms with van der Waals surface area (Å²) in [5, 5.41) is 34.1. The van der Waals surface area contributed by atoms with Gasteiger partial charge in [-0.3, -0.25) is 4.90 Å². The van der Waals surface area contributed by atoms with Crippen LogP contribution in [0.2, 0.25) is 0 Å². The number of aliphatic hydroxyl groups is 3. The van der Waals surface area contributed by atoms with Crippen LogP contribution >= 0.6 is 0 Å². The van der Waals surface area contributed by atoms with Crippen molar-refractivity contribution in [3.63, 3.8) is 0 Å². The second-order valence-corrected chi connectivity index (χ2v) is 5.26. The molecule has 0 saturated heterocycles. The second kappa shape index (κ2) is 11.6. The molecular weight excluding hydrogens is 246 g/mol. The van der Waals surface area contributed by atoms with Gasteiger partial charge in [0.05, 0.1) is 18.3 Å². The topological polar surface area (TPSA) is 88.0 Å². The number of hydrogen-bond acceptors (Lipinski definition) is 6. The van der Waals surface area contributed by atoms with Crippen molar-refractivity contribution in [1.82, 2.24) is 15.5 Å². The number of nitrogens with zero attached hydrogens (tertiary/aromatic N) is 1. The van der Waals surface area contributed by atoms with Crippen molar-refractivity contribution in [2.24, 2.45) is 0 Å². The van der Waals surface area contributed by atoms with E-state index in [0.29, 0.717) is 19.6 Å². The zero-order valence-electron chi connectivity index (χ0n) is 12.5. The molecule has 116 valence electrons. The van der Waals surface area contributed by atoms with Gasteiger partial charge in [0.1, 0.15) is 0 Å². The van der Waals surface area contributed by atoms with Crippen LogP contribution in [-0.2, 0) is 0 Å². The van der Waals surface area contributed by atoms with Crippen LogP contribution in [0.4, 0.5) is 0 Å². The van der Waals surface area contributed by atoms with Gasteiger partial charge in [-0.15, -0.1) is 0 Å². The molecule has 0 heterocycles. The van der Waals surface area contributed by atoms with Gasteiger partial charge in [0.25, 0.3) is 0 Å². The molecule has 5 N–H and O–H groups in total. The number of aliphatic hydroxyl groups excluding tert-OH is 3. The quantitative estimate of drug-likeness (QED) is 0.282. The molecule has 19 heavy (non-hydrogen) atoms. The summed E-state index contributed by atoms with van der Waals surface area (Å²) in [4.78, 5) is 2.16. The maximum Gasteiger partial charge on any atom is 0.0639 e. The molecule has 3 unspecified atom stereocenters. The summed E-state index contributed by atoms with van der Waals surface area (Å²) in [5.41, 5.74) is 0. The maximum absolute atomic E-state index is 9.45. The molecule has 0 radical (unpaired) electrons. The molecule has 0 aromatic carbocycles. The van der Waals surface area contributed by atoms with Gasteiger partial charge in [-0.05, 0) is 20.8 Å². The smallest absolute Gasteiger partial charge is 0.0639 e. The minimum absolute atomic E-state index is 0.335. The highest BCUT2D eigenvalue weighted by Crippen LogP contribution is 1.91. The molecule has 0 aliphatic carbocycles. The molecular formula is C13H31N3O3. The first-order chi connectivity index (χ1) is 8.91. The normalized spacial score (nSPS) is 16.6. The van der Waals surface area contributed by atoms with Gasteiger partial charge in [-0.25, -0.2) is 0 Å². The second-order valence-electron chi connectivity index (χ2n) is 5.26. The molecule has 6 nitrogen and oxygen atoms in total. The van der Waals surface area contributed by atoms with Crippen LogP contribution in [0.15, 0.2) is 0 Å². The highest BCUT2D eigenvalue weighted by molar-refractivity contribution is 4.66. The number of hydrogen-bond donors (Lipinski definition) is 5. The molecule has 0 aliphatic rings. The fourth-order valence-electron chi connectivity index (χ4n) is 1.76. The molecule has 0 saturated carbocycles. The highest BCUT2D eigenvalue weighted by atomic mass is 16.3. The lowest BCUT2D eigenvalue weighted by Gasteiger charge is -2.24. The van der Waals surface area contributed by atoms with Gasteiger partial charge >= 0.3 is 0 Å². The van der Waals surface area contributed by atoms with E-state index in [4.69, 9.17) is 10.2 Å². The zero-order chi connectivity index (χ0) is 14.7. The van der Waals surface area contributed by atoms with Crippen molar-refractivity contribution in [1.29, 1.82) is 0 Å². The van der Waals surface area contributed by atoms with E-state index in [9.17, 15) is 5.11 Å². The Hall–Kier alpha value is -0.240. The van der Waals surface area contributed by atoms with E-state index in [1.807, 2.05) is 0 Å². The molecule has 0 bridgehead atoms. The molecule has 0 rings (SSSR count). The highest BCUT2D eigenvalue weighted by Gasteiger charge is 2.08. The third-order valence-corrected chi connectivity index (χ3v) is 2.61. The Morgan fingerprint density at radius 2 is 1.21 bits per heavy atom. The largest absolute Gasteiger partial charge is 0.392 e. The summed E-state index contributed by atoms with van der Waals surface area (Å²) in [5.74, 6) is 0. The Morgan fingerprint density at radius 3 is 1.53 bits per heavy atom. The molecule has 0 amide bonds. The van der Waals surface area contributed by atoms with Gasteiger partial charge in [-0.2, -0.15) is 0 Å². The van der Waals surface area contributed by atoms with E-state index >= 15 is 0 Å². The number of nitrogens with one attached hydrogen (secondary N) is 2. The first-order valence-electron chi connectivity index (χ1n) is 7.09. The lowest BCUT2D eigenvalue weighted by Crippen LogP contribution is -2.42. The fourth-order valence-corrected chi connectivity index (χ4v) is 1.76. The third-order valence-electron chi connectivity index (χ3n) is 2.61. The van der Waals surface area contributed by atoms with Crippen LogP contribution < -0.4 is 10.6 Å². The number of rotatable bonds is 12. The van der Waals surface area contributed by atoms with Gasteiger partial charge in [-0.1, -0.05) is 0 Å². The lowest BCUT2D eigenvalue weighted by molar-refractivity contribution is 0.124. The predicted octanol–water partition coefficient (Wildman–Crippen LogP) is -1.39. The molecule has 0 aromatic heterocycles. The average Bonchev–Trinajstić information content (AvgIpc) is 2.28. The van der Waals surface area contributed by atoms with Crippen LogP contribution in [0.1, 0.15) is 20.8 Å². The van der Waals surface area contributed by atoms with Gasteiger partial charge in [0.15, 0.2) is 0 Å². The molecule has 0 spiro atoms. The van der Waals surface area contributed by atoms with Crippen LogP contribution in [0.25, 0.3) is 0 Å². The van der Waals surface area contributed by atoms with Gasteiger partial charge < -0.3 is 26.0 Å². The molecule has 3 atom stereocenters. The summed E-state index contributed by atoms with van der Waals surface area (Å²) in [6.07, 6.45) is -1.02. The Labute approximate surface area is 116 Å². The van der Waals surface area contributed by atoms with Crippen molar-refractivity contribution in [3.05, 3.63) is 0 Å².